The number of amides is 1. The number of benzene rings is 2. The molecule has 0 radical (unpaired) electrons. The van der Waals surface area contributed by atoms with Crippen LogP contribution in [0.3, 0.4) is 0 Å². The van der Waals surface area contributed by atoms with Crippen molar-refractivity contribution in [2.45, 2.75) is 24.0 Å². The van der Waals surface area contributed by atoms with E-state index in [2.05, 4.69) is 15.4 Å². The molecule has 11 heteroatoms. The van der Waals surface area contributed by atoms with E-state index in [0.717, 1.165) is 0 Å². The first-order chi connectivity index (χ1) is 12.9. The second kappa shape index (κ2) is 8.48. The quantitative estimate of drug-likeness (QED) is 0.642. The summed E-state index contributed by atoms with van der Waals surface area (Å²) >= 11 is 0. The maximum Gasteiger partial charge on any atom is 0.422 e. The minimum atomic E-state index is -4.42. The highest BCUT2D eigenvalue weighted by atomic mass is 32.2. The fourth-order valence-electron chi connectivity index (χ4n) is 2.11. The van der Waals surface area contributed by atoms with Crippen LogP contribution >= 0.6 is 0 Å². The third kappa shape index (κ3) is 6.74. The third-order valence-corrected chi connectivity index (χ3v) is 4.41. The molecule has 0 fully saturated rings. The number of nitrogens with two attached hydrogens (primary N) is 1. The average molecular weight is 417 g/mol. The highest BCUT2D eigenvalue weighted by Crippen LogP contribution is 2.21. The van der Waals surface area contributed by atoms with Crippen molar-refractivity contribution in [3.05, 3.63) is 48.5 Å². The molecule has 7 nitrogen and oxygen atoms in total. The van der Waals surface area contributed by atoms with Gasteiger partial charge in [0, 0.05) is 11.4 Å². The van der Waals surface area contributed by atoms with E-state index in [-0.39, 0.29) is 10.6 Å². The summed E-state index contributed by atoms with van der Waals surface area (Å²) in [5.74, 6) is -0.351. The largest absolute Gasteiger partial charge is 0.484 e. The van der Waals surface area contributed by atoms with Gasteiger partial charge in [0.05, 0.1) is 4.90 Å². The first-order valence-electron chi connectivity index (χ1n) is 7.94. The van der Waals surface area contributed by atoms with Crippen LogP contribution in [-0.4, -0.2) is 33.1 Å². The lowest BCUT2D eigenvalue weighted by atomic mass is 10.2. The molecule has 0 aliphatic heterocycles. The van der Waals surface area contributed by atoms with Crippen LogP contribution in [0.25, 0.3) is 0 Å². The number of anilines is 2. The molecule has 1 atom stereocenters. The van der Waals surface area contributed by atoms with E-state index in [4.69, 9.17) is 5.14 Å². The lowest BCUT2D eigenvalue weighted by Crippen LogP contribution is -2.31. The number of ether oxygens (including phenoxy) is 1. The van der Waals surface area contributed by atoms with Crippen LogP contribution in [0.4, 0.5) is 24.5 Å². The van der Waals surface area contributed by atoms with Crippen LogP contribution < -0.4 is 20.5 Å². The van der Waals surface area contributed by atoms with E-state index in [1.807, 2.05) is 0 Å². The smallest absolute Gasteiger partial charge is 0.422 e. The van der Waals surface area contributed by atoms with Crippen LogP contribution in [0.1, 0.15) is 6.92 Å². The van der Waals surface area contributed by atoms with Gasteiger partial charge >= 0.3 is 6.18 Å². The SMILES string of the molecule is CC(Nc1ccc(OCC(F)(F)F)cc1)C(=O)Nc1ccc(S(N)(=O)=O)cc1. The summed E-state index contributed by atoms with van der Waals surface area (Å²) in [5.41, 5.74) is 0.883. The van der Waals surface area contributed by atoms with Crippen molar-refractivity contribution >= 4 is 27.3 Å². The summed E-state index contributed by atoms with van der Waals surface area (Å²) in [6, 6.07) is 10.3. The van der Waals surface area contributed by atoms with Crippen molar-refractivity contribution < 1.29 is 31.1 Å². The van der Waals surface area contributed by atoms with Crippen molar-refractivity contribution in [1.29, 1.82) is 0 Å². The lowest BCUT2D eigenvalue weighted by molar-refractivity contribution is -0.153. The molecule has 152 valence electrons. The molecule has 0 aromatic heterocycles. The summed E-state index contributed by atoms with van der Waals surface area (Å²) in [6.07, 6.45) is -4.42. The summed E-state index contributed by atoms with van der Waals surface area (Å²) in [5, 5.41) is 10.5. The predicted octanol–water partition coefficient (Wildman–Crippen LogP) is 2.71. The highest BCUT2D eigenvalue weighted by Gasteiger charge is 2.28. The zero-order chi connectivity index (χ0) is 20.9. The molecule has 2 aromatic rings. The van der Waals surface area contributed by atoms with Gasteiger partial charge in [0.2, 0.25) is 15.9 Å². The van der Waals surface area contributed by atoms with Gasteiger partial charge in [0.15, 0.2) is 6.61 Å². The molecule has 2 rings (SSSR count). The molecule has 1 amide bonds. The zero-order valence-corrected chi connectivity index (χ0v) is 15.5. The molecule has 0 bridgehead atoms. The zero-order valence-electron chi connectivity index (χ0n) is 14.7. The van der Waals surface area contributed by atoms with Crippen LogP contribution in [0.5, 0.6) is 5.75 Å². The first kappa shape index (κ1) is 21.5. The molecule has 0 heterocycles. The minimum Gasteiger partial charge on any atom is -0.484 e. The fraction of sp³-hybridized carbons (Fsp3) is 0.235. The average Bonchev–Trinajstić information content (AvgIpc) is 2.60. The lowest BCUT2D eigenvalue weighted by Gasteiger charge is -2.16. The Labute approximate surface area is 159 Å². The van der Waals surface area contributed by atoms with E-state index < -0.39 is 34.8 Å². The number of sulfonamides is 1. The van der Waals surface area contributed by atoms with Crippen LogP contribution in [0.15, 0.2) is 53.4 Å². The number of carbonyl (C=O) groups excluding carboxylic acids is 1. The van der Waals surface area contributed by atoms with Crippen LogP contribution in [0, 0.1) is 0 Å². The predicted molar refractivity (Wildman–Crippen MR) is 97.5 cm³/mol. The molecule has 0 spiro atoms. The molecular formula is C17H18F3N3O4S. The van der Waals surface area contributed by atoms with Crippen molar-refractivity contribution in [1.82, 2.24) is 0 Å². The molecule has 0 aliphatic rings. The van der Waals surface area contributed by atoms with E-state index >= 15 is 0 Å². The van der Waals surface area contributed by atoms with Gasteiger partial charge in [-0.1, -0.05) is 0 Å². The van der Waals surface area contributed by atoms with Gasteiger partial charge in [0.25, 0.3) is 0 Å². The molecular weight excluding hydrogens is 399 g/mol. The van der Waals surface area contributed by atoms with Gasteiger partial charge in [-0.2, -0.15) is 13.2 Å². The Morgan fingerprint density at radius 2 is 1.61 bits per heavy atom. The molecule has 0 aliphatic carbocycles. The number of nitrogens with one attached hydrogen (secondary N) is 2. The maximum absolute atomic E-state index is 12.2. The number of carbonyl (C=O) groups is 1. The Morgan fingerprint density at radius 3 is 2.11 bits per heavy atom. The third-order valence-electron chi connectivity index (χ3n) is 3.48. The Kier molecular flexibility index (Phi) is 6.52. The van der Waals surface area contributed by atoms with E-state index in [1.54, 1.807) is 6.92 Å². The molecule has 4 N–H and O–H groups in total. The standard InChI is InChI=1S/C17H18F3N3O4S/c1-11(16(24)23-13-4-8-15(9-5-13)28(21,25)26)22-12-2-6-14(7-3-12)27-10-17(18,19)20/h2-9,11,22H,10H2,1H3,(H,23,24)(H2,21,25,26). The summed E-state index contributed by atoms with van der Waals surface area (Å²) in [4.78, 5) is 12.1. The number of primary sulfonamides is 1. The van der Waals surface area contributed by atoms with Gasteiger partial charge < -0.3 is 15.4 Å². The number of halogens is 3. The van der Waals surface area contributed by atoms with Crippen molar-refractivity contribution in [3.63, 3.8) is 0 Å². The maximum atomic E-state index is 12.2. The topological polar surface area (TPSA) is 111 Å². The molecule has 1 unspecified atom stereocenters. The Bertz CT molecular complexity index is 914. The van der Waals surface area contributed by atoms with Gasteiger partial charge in [-0.25, -0.2) is 13.6 Å². The van der Waals surface area contributed by atoms with E-state index in [9.17, 15) is 26.4 Å². The molecule has 0 saturated carbocycles. The van der Waals surface area contributed by atoms with Gasteiger partial charge in [-0.3, -0.25) is 4.79 Å². The summed E-state index contributed by atoms with van der Waals surface area (Å²) in [6.45, 7) is 0.199. The molecule has 2 aromatic carbocycles. The normalized spacial score (nSPS) is 12.9. The second-order valence-electron chi connectivity index (χ2n) is 5.85. The van der Waals surface area contributed by atoms with Gasteiger partial charge in [0.1, 0.15) is 11.8 Å². The Hall–Kier alpha value is -2.79. The Balaban J connectivity index is 1.91. The van der Waals surface area contributed by atoms with Gasteiger partial charge in [-0.05, 0) is 55.5 Å². The van der Waals surface area contributed by atoms with Crippen molar-refractivity contribution in [2.24, 2.45) is 5.14 Å². The highest BCUT2D eigenvalue weighted by molar-refractivity contribution is 7.89. The fourth-order valence-corrected chi connectivity index (χ4v) is 2.62. The van der Waals surface area contributed by atoms with E-state index in [1.165, 1.54) is 48.5 Å². The monoisotopic (exact) mass is 417 g/mol. The first-order valence-corrected chi connectivity index (χ1v) is 9.48. The van der Waals surface area contributed by atoms with E-state index in [0.29, 0.717) is 11.4 Å². The van der Waals surface area contributed by atoms with Crippen molar-refractivity contribution in [2.75, 3.05) is 17.2 Å². The number of hydrogen-bond acceptors (Lipinski definition) is 5. The van der Waals surface area contributed by atoms with Crippen LogP contribution in [-0.2, 0) is 14.8 Å². The molecule has 28 heavy (non-hydrogen) atoms. The second-order valence-corrected chi connectivity index (χ2v) is 7.41. The number of hydrogen-bond donors (Lipinski definition) is 3. The van der Waals surface area contributed by atoms with Gasteiger partial charge in [-0.15, -0.1) is 0 Å². The summed E-state index contributed by atoms with van der Waals surface area (Å²) < 4.78 is 63.4. The number of alkyl halides is 3. The minimum absolute atomic E-state index is 0.0509. The number of rotatable bonds is 7. The summed E-state index contributed by atoms with van der Waals surface area (Å²) in [7, 11) is -3.82. The van der Waals surface area contributed by atoms with Crippen LogP contribution in [0.2, 0.25) is 0 Å². The van der Waals surface area contributed by atoms with Crippen molar-refractivity contribution in [3.8, 4) is 5.75 Å². The Morgan fingerprint density at radius 1 is 1.07 bits per heavy atom. The molecule has 0 saturated heterocycles.